The zero-order valence-electron chi connectivity index (χ0n) is 10.4. The maximum Gasteiger partial charge on any atom is 0.0300 e. The summed E-state index contributed by atoms with van der Waals surface area (Å²) in [6.45, 7) is 6.93. The first-order valence-electron chi connectivity index (χ1n) is 6.43. The fourth-order valence-corrected chi connectivity index (χ4v) is 3.79. The molecule has 0 saturated carbocycles. The molecule has 1 aliphatic rings. The predicted octanol–water partition coefficient (Wildman–Crippen LogP) is 3.47. The SMILES string of the molecule is CC1CCCCN1CCNCc1cc(Br)cs1. The van der Waals surface area contributed by atoms with Crippen molar-refractivity contribution in [2.24, 2.45) is 0 Å². The van der Waals surface area contributed by atoms with Crippen molar-refractivity contribution in [1.29, 1.82) is 0 Å². The highest BCUT2D eigenvalue weighted by Gasteiger charge is 2.16. The van der Waals surface area contributed by atoms with Gasteiger partial charge in [0, 0.05) is 40.4 Å². The molecule has 17 heavy (non-hydrogen) atoms. The highest BCUT2D eigenvalue weighted by molar-refractivity contribution is 9.10. The predicted molar refractivity (Wildman–Crippen MR) is 78.6 cm³/mol. The third-order valence-electron chi connectivity index (χ3n) is 3.44. The summed E-state index contributed by atoms with van der Waals surface area (Å²) in [6.07, 6.45) is 4.16. The molecule has 1 aromatic heterocycles. The number of halogens is 1. The van der Waals surface area contributed by atoms with Gasteiger partial charge in [-0.25, -0.2) is 0 Å². The molecule has 2 nitrogen and oxygen atoms in total. The zero-order chi connectivity index (χ0) is 12.1. The minimum absolute atomic E-state index is 0.779. The topological polar surface area (TPSA) is 15.3 Å². The Labute approximate surface area is 117 Å². The van der Waals surface area contributed by atoms with Crippen LogP contribution in [0.4, 0.5) is 0 Å². The summed E-state index contributed by atoms with van der Waals surface area (Å²) in [6, 6.07) is 2.97. The normalized spacial score (nSPS) is 21.9. The van der Waals surface area contributed by atoms with Gasteiger partial charge in [-0.3, -0.25) is 4.90 Å². The molecule has 1 aliphatic heterocycles. The summed E-state index contributed by atoms with van der Waals surface area (Å²) in [4.78, 5) is 4.02. The van der Waals surface area contributed by atoms with Crippen LogP contribution in [0.3, 0.4) is 0 Å². The number of piperidine rings is 1. The minimum Gasteiger partial charge on any atom is -0.311 e. The van der Waals surface area contributed by atoms with E-state index in [0.29, 0.717) is 0 Å². The molecule has 0 amide bonds. The molecule has 2 rings (SSSR count). The summed E-state index contributed by atoms with van der Waals surface area (Å²) in [5.74, 6) is 0. The molecule has 1 N–H and O–H groups in total. The van der Waals surface area contributed by atoms with Gasteiger partial charge in [-0.1, -0.05) is 6.42 Å². The average Bonchev–Trinajstić information content (AvgIpc) is 2.73. The quantitative estimate of drug-likeness (QED) is 0.837. The Kier molecular flexibility index (Phi) is 5.48. The van der Waals surface area contributed by atoms with Crippen LogP contribution in [0.5, 0.6) is 0 Å². The third-order valence-corrected chi connectivity index (χ3v) is 5.13. The van der Waals surface area contributed by atoms with Crippen molar-refractivity contribution in [3.8, 4) is 0 Å². The summed E-state index contributed by atoms with van der Waals surface area (Å²) < 4.78 is 1.20. The molecule has 1 saturated heterocycles. The van der Waals surface area contributed by atoms with Gasteiger partial charge < -0.3 is 5.32 Å². The first-order valence-corrected chi connectivity index (χ1v) is 8.10. The molecule has 0 radical (unpaired) electrons. The molecule has 2 heterocycles. The fraction of sp³-hybridized carbons (Fsp3) is 0.692. The molecule has 4 heteroatoms. The molecule has 1 unspecified atom stereocenters. The maximum absolute atomic E-state index is 3.53. The van der Waals surface area contributed by atoms with Gasteiger partial charge in [0.25, 0.3) is 0 Å². The molecule has 0 aliphatic carbocycles. The van der Waals surface area contributed by atoms with Crippen molar-refractivity contribution in [3.63, 3.8) is 0 Å². The minimum atomic E-state index is 0.779. The highest BCUT2D eigenvalue weighted by atomic mass is 79.9. The van der Waals surface area contributed by atoms with Crippen molar-refractivity contribution in [2.45, 2.75) is 38.8 Å². The lowest BCUT2D eigenvalue weighted by atomic mass is 10.0. The number of nitrogens with one attached hydrogen (secondary N) is 1. The Bertz CT molecular complexity index is 340. The maximum atomic E-state index is 3.53. The molecule has 0 spiro atoms. The van der Waals surface area contributed by atoms with Crippen molar-refractivity contribution < 1.29 is 0 Å². The number of thiophene rings is 1. The van der Waals surface area contributed by atoms with Crippen molar-refractivity contribution in [1.82, 2.24) is 10.2 Å². The zero-order valence-corrected chi connectivity index (χ0v) is 12.8. The lowest BCUT2D eigenvalue weighted by Gasteiger charge is -2.33. The van der Waals surface area contributed by atoms with Crippen LogP contribution in [0.2, 0.25) is 0 Å². The molecule has 1 fully saturated rings. The van der Waals surface area contributed by atoms with Crippen molar-refractivity contribution in [3.05, 3.63) is 20.8 Å². The number of hydrogen-bond acceptors (Lipinski definition) is 3. The Morgan fingerprint density at radius 2 is 2.41 bits per heavy atom. The van der Waals surface area contributed by atoms with E-state index in [1.165, 1.54) is 41.7 Å². The Hall–Kier alpha value is 0.1000. The molecule has 1 aromatic rings. The molecular formula is C13H21BrN2S. The van der Waals surface area contributed by atoms with Gasteiger partial charge in [-0.15, -0.1) is 11.3 Å². The lowest BCUT2D eigenvalue weighted by molar-refractivity contribution is 0.161. The van der Waals surface area contributed by atoms with Gasteiger partial charge in [0.05, 0.1) is 0 Å². The van der Waals surface area contributed by atoms with Crippen LogP contribution in [0.25, 0.3) is 0 Å². The Morgan fingerprint density at radius 3 is 3.12 bits per heavy atom. The van der Waals surface area contributed by atoms with Gasteiger partial charge in [0.1, 0.15) is 0 Å². The van der Waals surface area contributed by atoms with E-state index in [-0.39, 0.29) is 0 Å². The fourth-order valence-electron chi connectivity index (χ4n) is 2.37. The molecule has 1 atom stereocenters. The second-order valence-corrected chi connectivity index (χ2v) is 6.70. The van der Waals surface area contributed by atoms with Gasteiger partial charge in [0.2, 0.25) is 0 Å². The second kappa shape index (κ2) is 6.88. The highest BCUT2D eigenvalue weighted by Crippen LogP contribution is 2.19. The van der Waals surface area contributed by atoms with Crippen LogP contribution >= 0.6 is 27.3 Å². The van der Waals surface area contributed by atoms with Crippen LogP contribution in [0, 0.1) is 0 Å². The summed E-state index contributed by atoms with van der Waals surface area (Å²) in [7, 11) is 0. The van der Waals surface area contributed by atoms with E-state index in [0.717, 1.165) is 19.1 Å². The van der Waals surface area contributed by atoms with Crippen molar-refractivity contribution >= 4 is 27.3 Å². The first kappa shape index (κ1) is 13.5. The van der Waals surface area contributed by atoms with Crippen LogP contribution in [-0.2, 0) is 6.54 Å². The van der Waals surface area contributed by atoms with Gasteiger partial charge in [0.15, 0.2) is 0 Å². The third kappa shape index (κ3) is 4.36. The van der Waals surface area contributed by atoms with Crippen molar-refractivity contribution in [2.75, 3.05) is 19.6 Å². The second-order valence-electron chi connectivity index (χ2n) is 4.79. The standard InChI is InChI=1S/C13H21BrN2S/c1-11-4-2-3-6-16(11)7-5-15-9-13-8-12(14)10-17-13/h8,10-11,15H,2-7,9H2,1H3. The van der Waals surface area contributed by atoms with E-state index in [2.05, 4.69) is 44.5 Å². The smallest absolute Gasteiger partial charge is 0.0300 e. The Morgan fingerprint density at radius 1 is 1.53 bits per heavy atom. The number of hydrogen-bond donors (Lipinski definition) is 1. The van der Waals surface area contributed by atoms with Gasteiger partial charge in [-0.2, -0.15) is 0 Å². The monoisotopic (exact) mass is 316 g/mol. The van der Waals surface area contributed by atoms with E-state index in [1.807, 2.05) is 11.3 Å². The summed E-state index contributed by atoms with van der Waals surface area (Å²) in [5, 5.41) is 5.67. The van der Waals surface area contributed by atoms with E-state index in [1.54, 1.807) is 0 Å². The van der Waals surface area contributed by atoms with Gasteiger partial charge in [-0.05, 0) is 48.3 Å². The average molecular weight is 317 g/mol. The molecule has 0 aromatic carbocycles. The summed E-state index contributed by atoms with van der Waals surface area (Å²) in [5.41, 5.74) is 0. The number of nitrogens with zero attached hydrogens (tertiary/aromatic N) is 1. The van der Waals surface area contributed by atoms with E-state index < -0.39 is 0 Å². The van der Waals surface area contributed by atoms with Crippen LogP contribution in [0.1, 0.15) is 31.1 Å². The van der Waals surface area contributed by atoms with E-state index in [4.69, 9.17) is 0 Å². The van der Waals surface area contributed by atoms with Crippen LogP contribution in [-0.4, -0.2) is 30.6 Å². The summed E-state index contributed by atoms with van der Waals surface area (Å²) >= 11 is 5.30. The molecule has 0 bridgehead atoms. The van der Waals surface area contributed by atoms with Crippen LogP contribution in [0.15, 0.2) is 15.9 Å². The van der Waals surface area contributed by atoms with Gasteiger partial charge >= 0.3 is 0 Å². The van der Waals surface area contributed by atoms with E-state index in [9.17, 15) is 0 Å². The lowest BCUT2D eigenvalue weighted by Crippen LogP contribution is -2.41. The van der Waals surface area contributed by atoms with E-state index >= 15 is 0 Å². The molecular weight excluding hydrogens is 296 g/mol. The molecule has 96 valence electrons. The Balaban J connectivity index is 1.62. The number of rotatable bonds is 5. The largest absolute Gasteiger partial charge is 0.311 e. The van der Waals surface area contributed by atoms with Crippen LogP contribution < -0.4 is 5.32 Å². The number of likely N-dealkylation sites (tertiary alicyclic amines) is 1. The first-order chi connectivity index (χ1) is 8.25.